The van der Waals surface area contributed by atoms with Crippen LogP contribution < -0.4 is 0 Å². The lowest BCUT2D eigenvalue weighted by atomic mass is 9.81. The highest BCUT2D eigenvalue weighted by Gasteiger charge is 2.39. The van der Waals surface area contributed by atoms with Crippen molar-refractivity contribution in [1.29, 1.82) is 10.5 Å². The minimum Gasteiger partial charge on any atom is -0.292 e. The van der Waals surface area contributed by atoms with Gasteiger partial charge in [0.15, 0.2) is 5.78 Å². The second-order valence-electron chi connectivity index (χ2n) is 2.73. The SMILES string of the molecule is C=C1C(Cl)=C(Cl)C(=O)C(C#N)C1C#N. The van der Waals surface area contributed by atoms with Crippen LogP contribution in [0.4, 0.5) is 0 Å². The molecule has 2 atom stereocenters. The van der Waals surface area contributed by atoms with Gasteiger partial charge in [-0.05, 0) is 5.57 Å². The molecule has 0 aromatic heterocycles. The lowest BCUT2D eigenvalue weighted by Gasteiger charge is -2.22. The van der Waals surface area contributed by atoms with Gasteiger partial charge in [-0.3, -0.25) is 4.79 Å². The first kappa shape index (κ1) is 10.8. The molecule has 0 saturated carbocycles. The fraction of sp³-hybridized carbons (Fsp3) is 0.222. The first-order valence-corrected chi connectivity index (χ1v) is 4.38. The average Bonchev–Trinajstić information content (AvgIpc) is 2.20. The monoisotopic (exact) mass is 226 g/mol. The van der Waals surface area contributed by atoms with E-state index in [1.54, 1.807) is 6.07 Å². The van der Waals surface area contributed by atoms with Gasteiger partial charge >= 0.3 is 0 Å². The molecular weight excluding hydrogens is 223 g/mol. The van der Waals surface area contributed by atoms with Crippen molar-refractivity contribution < 1.29 is 4.79 Å². The molecule has 2 unspecified atom stereocenters. The molecule has 3 nitrogen and oxygen atoms in total. The summed E-state index contributed by atoms with van der Waals surface area (Å²) in [7, 11) is 0. The minimum absolute atomic E-state index is 0.0188. The number of Topliss-reactive ketones (excluding diaryl/α,β-unsaturated/α-hetero) is 1. The van der Waals surface area contributed by atoms with Crippen LogP contribution in [0.1, 0.15) is 0 Å². The van der Waals surface area contributed by atoms with Gasteiger partial charge in [0.25, 0.3) is 0 Å². The molecule has 1 aliphatic rings. The van der Waals surface area contributed by atoms with E-state index in [0.717, 1.165) is 0 Å². The van der Waals surface area contributed by atoms with E-state index >= 15 is 0 Å². The Hall–Kier alpha value is -1.29. The van der Waals surface area contributed by atoms with Gasteiger partial charge in [0.1, 0.15) is 11.0 Å². The van der Waals surface area contributed by atoms with E-state index in [0.29, 0.717) is 0 Å². The van der Waals surface area contributed by atoms with Gasteiger partial charge in [0, 0.05) is 0 Å². The summed E-state index contributed by atoms with van der Waals surface area (Å²) in [6.45, 7) is 3.53. The number of rotatable bonds is 0. The topological polar surface area (TPSA) is 64.7 Å². The van der Waals surface area contributed by atoms with Crippen LogP contribution in [-0.4, -0.2) is 5.78 Å². The Kier molecular flexibility index (Phi) is 2.96. The third kappa shape index (κ3) is 1.42. The van der Waals surface area contributed by atoms with Crippen molar-refractivity contribution >= 4 is 29.0 Å². The van der Waals surface area contributed by atoms with E-state index in [-0.39, 0.29) is 15.6 Å². The fourth-order valence-electron chi connectivity index (χ4n) is 1.16. The number of nitrogens with zero attached hydrogens (tertiary/aromatic N) is 2. The van der Waals surface area contributed by atoms with Crippen LogP contribution in [0.3, 0.4) is 0 Å². The second-order valence-corrected chi connectivity index (χ2v) is 3.49. The summed E-state index contributed by atoms with van der Waals surface area (Å²) in [6, 6.07) is 3.54. The standard InChI is InChI=1S/C9H4Cl2N2O/c1-4-5(2-12)6(3-13)9(14)8(11)7(4)10/h5-6H,1H2. The zero-order valence-electron chi connectivity index (χ0n) is 6.92. The van der Waals surface area contributed by atoms with Crippen LogP contribution >= 0.6 is 23.2 Å². The maximum Gasteiger partial charge on any atom is 0.194 e. The Morgan fingerprint density at radius 3 is 2.07 bits per heavy atom. The quantitative estimate of drug-likeness (QED) is 0.636. The van der Waals surface area contributed by atoms with Crippen molar-refractivity contribution in [1.82, 2.24) is 0 Å². The Labute approximate surface area is 90.8 Å². The predicted molar refractivity (Wildman–Crippen MR) is 51.1 cm³/mol. The van der Waals surface area contributed by atoms with Crippen LogP contribution in [0, 0.1) is 34.5 Å². The third-order valence-electron chi connectivity index (χ3n) is 1.96. The van der Waals surface area contributed by atoms with E-state index in [1.807, 2.05) is 6.07 Å². The van der Waals surface area contributed by atoms with Crippen LogP contribution in [0.25, 0.3) is 0 Å². The molecule has 0 bridgehead atoms. The van der Waals surface area contributed by atoms with Gasteiger partial charge in [-0.1, -0.05) is 29.8 Å². The normalized spacial score (nSPS) is 27.1. The molecule has 1 aliphatic carbocycles. The molecule has 0 heterocycles. The fourth-order valence-corrected chi connectivity index (χ4v) is 1.61. The molecule has 0 fully saturated rings. The van der Waals surface area contributed by atoms with Gasteiger partial charge in [0.05, 0.1) is 23.1 Å². The molecule has 0 radical (unpaired) electrons. The van der Waals surface area contributed by atoms with Crippen molar-refractivity contribution in [2.45, 2.75) is 0 Å². The highest BCUT2D eigenvalue weighted by atomic mass is 35.5. The number of nitriles is 2. The number of halogens is 2. The zero-order chi connectivity index (χ0) is 10.9. The van der Waals surface area contributed by atoms with Crippen molar-refractivity contribution in [3.05, 3.63) is 22.2 Å². The van der Waals surface area contributed by atoms with Gasteiger partial charge in [-0.15, -0.1) is 0 Å². The molecular formula is C9H4Cl2N2O. The molecule has 5 heteroatoms. The molecule has 14 heavy (non-hydrogen) atoms. The highest BCUT2D eigenvalue weighted by Crippen LogP contribution is 2.38. The number of carbonyl (C=O) groups is 1. The zero-order valence-corrected chi connectivity index (χ0v) is 8.43. The Morgan fingerprint density at radius 2 is 1.64 bits per heavy atom. The first-order valence-electron chi connectivity index (χ1n) is 3.62. The molecule has 0 saturated heterocycles. The molecule has 0 spiro atoms. The minimum atomic E-state index is -1.09. The van der Waals surface area contributed by atoms with E-state index in [4.69, 9.17) is 33.7 Å². The summed E-state index contributed by atoms with van der Waals surface area (Å²) in [4.78, 5) is 11.4. The van der Waals surface area contributed by atoms with Gasteiger partial charge in [0.2, 0.25) is 0 Å². The van der Waals surface area contributed by atoms with Gasteiger partial charge in [-0.25, -0.2) is 0 Å². The maximum atomic E-state index is 11.4. The molecule has 0 N–H and O–H groups in total. The van der Waals surface area contributed by atoms with Crippen LogP contribution in [0.5, 0.6) is 0 Å². The first-order chi connectivity index (χ1) is 6.54. The van der Waals surface area contributed by atoms with Gasteiger partial charge < -0.3 is 0 Å². The Balaban J connectivity index is 3.32. The number of ketones is 1. The largest absolute Gasteiger partial charge is 0.292 e. The number of hydrogen-bond acceptors (Lipinski definition) is 3. The third-order valence-corrected chi connectivity index (χ3v) is 2.86. The van der Waals surface area contributed by atoms with Crippen LogP contribution in [0.15, 0.2) is 22.2 Å². The average molecular weight is 227 g/mol. The van der Waals surface area contributed by atoms with Crippen molar-refractivity contribution in [3.8, 4) is 12.1 Å². The molecule has 70 valence electrons. The number of allylic oxidation sites excluding steroid dienone is 3. The summed E-state index contributed by atoms with van der Waals surface area (Å²) >= 11 is 11.3. The van der Waals surface area contributed by atoms with Crippen LogP contribution in [-0.2, 0) is 4.79 Å². The summed E-state index contributed by atoms with van der Waals surface area (Å²) in [5.41, 5.74) is 0.227. The summed E-state index contributed by atoms with van der Waals surface area (Å²) in [5.74, 6) is -2.61. The van der Waals surface area contributed by atoms with Crippen molar-refractivity contribution in [3.63, 3.8) is 0 Å². The predicted octanol–water partition coefficient (Wildman–Crippen LogP) is 2.09. The molecule has 0 aromatic carbocycles. The highest BCUT2D eigenvalue weighted by molar-refractivity contribution is 6.50. The Bertz CT molecular complexity index is 385. The molecule has 0 amide bonds. The molecule has 0 aliphatic heterocycles. The van der Waals surface area contributed by atoms with E-state index in [2.05, 4.69) is 6.58 Å². The number of carbonyl (C=O) groups excluding carboxylic acids is 1. The smallest absolute Gasteiger partial charge is 0.194 e. The maximum absolute atomic E-state index is 11.4. The lowest BCUT2D eigenvalue weighted by Crippen LogP contribution is -2.28. The molecule has 1 rings (SSSR count). The lowest BCUT2D eigenvalue weighted by molar-refractivity contribution is -0.117. The Morgan fingerprint density at radius 1 is 1.14 bits per heavy atom. The van der Waals surface area contributed by atoms with Crippen molar-refractivity contribution in [2.24, 2.45) is 11.8 Å². The van der Waals surface area contributed by atoms with E-state index < -0.39 is 17.6 Å². The van der Waals surface area contributed by atoms with E-state index in [1.165, 1.54) is 0 Å². The number of hydrogen-bond donors (Lipinski definition) is 0. The summed E-state index contributed by atoms with van der Waals surface area (Å²) in [5, 5.41) is 17.2. The summed E-state index contributed by atoms with van der Waals surface area (Å²) in [6.07, 6.45) is 0. The second kappa shape index (κ2) is 3.84. The van der Waals surface area contributed by atoms with E-state index in [9.17, 15) is 4.79 Å². The van der Waals surface area contributed by atoms with Gasteiger partial charge in [-0.2, -0.15) is 10.5 Å². The van der Waals surface area contributed by atoms with Crippen molar-refractivity contribution in [2.75, 3.05) is 0 Å². The summed E-state index contributed by atoms with van der Waals surface area (Å²) < 4.78 is 0. The van der Waals surface area contributed by atoms with Crippen LogP contribution in [0.2, 0.25) is 0 Å². The molecule has 0 aromatic rings.